The Kier molecular flexibility index (Phi) is 4.99. The van der Waals surface area contributed by atoms with E-state index in [1.807, 2.05) is 6.92 Å². The first-order valence-electron chi connectivity index (χ1n) is 7.66. The molecular weight excluding hydrogens is 358 g/mol. The molecule has 1 atom stereocenters. The van der Waals surface area contributed by atoms with Gasteiger partial charge in [0.25, 0.3) is 10.1 Å². The summed E-state index contributed by atoms with van der Waals surface area (Å²) in [5.74, 6) is 0.765. The molecule has 0 aliphatic carbocycles. The van der Waals surface area contributed by atoms with Crippen LogP contribution in [0.25, 0.3) is 0 Å². The average Bonchev–Trinajstić information content (AvgIpc) is 2.84. The van der Waals surface area contributed by atoms with Crippen molar-refractivity contribution in [1.29, 1.82) is 0 Å². The summed E-state index contributed by atoms with van der Waals surface area (Å²) >= 11 is 6.12. The fourth-order valence-electron chi connectivity index (χ4n) is 2.93. The highest BCUT2D eigenvalue weighted by atomic mass is 35.5. The van der Waals surface area contributed by atoms with Crippen LogP contribution in [0.4, 0.5) is 5.82 Å². The zero-order valence-corrected chi connectivity index (χ0v) is 15.2. The lowest BCUT2D eigenvalue weighted by Gasteiger charge is -2.29. The normalized spacial score (nSPS) is 24.2. The van der Waals surface area contributed by atoms with Crippen molar-refractivity contribution in [1.82, 2.24) is 9.97 Å². The summed E-state index contributed by atoms with van der Waals surface area (Å²) in [6.07, 6.45) is 1.37. The van der Waals surface area contributed by atoms with Gasteiger partial charge in [-0.1, -0.05) is 0 Å². The van der Waals surface area contributed by atoms with Gasteiger partial charge in [0.2, 0.25) is 5.28 Å². The summed E-state index contributed by atoms with van der Waals surface area (Å²) in [4.78, 5) is 10.8. The number of morpholine rings is 1. The molecular formula is C14H20ClN3O5S. The summed E-state index contributed by atoms with van der Waals surface area (Å²) < 4.78 is 38.4. The van der Waals surface area contributed by atoms with Crippen molar-refractivity contribution in [2.24, 2.45) is 0 Å². The van der Waals surface area contributed by atoms with Crippen LogP contribution in [0.5, 0.6) is 0 Å². The van der Waals surface area contributed by atoms with Gasteiger partial charge < -0.3 is 14.4 Å². The number of aromatic nitrogens is 2. The monoisotopic (exact) mass is 377 g/mol. The second kappa shape index (κ2) is 6.72. The predicted molar refractivity (Wildman–Crippen MR) is 87.6 cm³/mol. The van der Waals surface area contributed by atoms with E-state index in [0.717, 1.165) is 30.7 Å². The van der Waals surface area contributed by atoms with Gasteiger partial charge in [0, 0.05) is 25.1 Å². The van der Waals surface area contributed by atoms with E-state index in [1.165, 1.54) is 0 Å². The first kappa shape index (κ1) is 17.8. The Labute approximate surface area is 146 Å². The molecule has 2 aliphatic rings. The Morgan fingerprint density at radius 2 is 2.04 bits per heavy atom. The number of nitrogens with zero attached hydrogens (tertiary/aromatic N) is 3. The Morgan fingerprint density at radius 1 is 1.33 bits per heavy atom. The third-order valence-corrected chi connectivity index (χ3v) is 4.94. The number of anilines is 1. The van der Waals surface area contributed by atoms with Crippen molar-refractivity contribution in [3.05, 3.63) is 16.5 Å². The van der Waals surface area contributed by atoms with Gasteiger partial charge in [-0.05, 0) is 18.5 Å². The molecule has 0 bridgehead atoms. The highest BCUT2D eigenvalue weighted by molar-refractivity contribution is 7.85. The van der Waals surface area contributed by atoms with Gasteiger partial charge >= 0.3 is 0 Å². The molecule has 0 saturated carbocycles. The molecule has 10 heteroatoms. The Morgan fingerprint density at radius 3 is 2.71 bits per heavy atom. The number of hydrogen-bond donors (Lipinski definition) is 0. The smallest absolute Gasteiger partial charge is 0.264 e. The van der Waals surface area contributed by atoms with Crippen LogP contribution in [0.3, 0.4) is 0 Å². The summed E-state index contributed by atoms with van der Waals surface area (Å²) in [5, 5.41) is 0.149. The number of ether oxygens (including phenoxy) is 2. The first-order chi connectivity index (χ1) is 11.3. The Hall–Kier alpha value is -1.00. The summed E-state index contributed by atoms with van der Waals surface area (Å²) in [7, 11) is -3.49. The van der Waals surface area contributed by atoms with Crippen LogP contribution in [0.15, 0.2) is 0 Å². The number of rotatable bonds is 5. The molecule has 1 aromatic rings. The van der Waals surface area contributed by atoms with E-state index >= 15 is 0 Å². The topological polar surface area (TPSA) is 90.9 Å². The minimum Gasteiger partial charge on any atom is -0.378 e. The second-order valence-corrected chi connectivity index (χ2v) is 8.02. The molecule has 0 aromatic carbocycles. The molecule has 0 radical (unpaired) electrons. The van der Waals surface area contributed by atoms with E-state index < -0.39 is 15.7 Å². The van der Waals surface area contributed by atoms with Crippen molar-refractivity contribution >= 4 is 27.5 Å². The lowest BCUT2D eigenvalue weighted by atomic mass is 9.97. The van der Waals surface area contributed by atoms with Crippen molar-refractivity contribution in [3.8, 4) is 0 Å². The molecule has 134 valence electrons. The van der Waals surface area contributed by atoms with Gasteiger partial charge in [0.1, 0.15) is 11.4 Å². The fourth-order valence-corrected chi connectivity index (χ4v) is 3.48. The lowest BCUT2D eigenvalue weighted by molar-refractivity contribution is -0.0386. The van der Waals surface area contributed by atoms with Crippen molar-refractivity contribution in [2.75, 3.05) is 44.1 Å². The first-order valence-corrected chi connectivity index (χ1v) is 9.86. The SMILES string of the molecule is CC1(CCOS(C)(=O)=O)OCc2c(N3CCOCC3)nc(Cl)nc21. The van der Waals surface area contributed by atoms with E-state index in [1.54, 1.807) is 0 Å². The van der Waals surface area contributed by atoms with Crippen molar-refractivity contribution in [2.45, 2.75) is 25.6 Å². The molecule has 1 aromatic heterocycles. The maximum Gasteiger partial charge on any atom is 0.264 e. The van der Waals surface area contributed by atoms with Crippen LogP contribution in [0, 0.1) is 0 Å². The van der Waals surface area contributed by atoms with Gasteiger partial charge in [-0.2, -0.15) is 8.42 Å². The van der Waals surface area contributed by atoms with Crippen LogP contribution < -0.4 is 4.90 Å². The summed E-state index contributed by atoms with van der Waals surface area (Å²) in [5.41, 5.74) is 0.831. The van der Waals surface area contributed by atoms with Gasteiger partial charge in [0.15, 0.2) is 0 Å². The van der Waals surface area contributed by atoms with Gasteiger partial charge in [0.05, 0.1) is 38.4 Å². The van der Waals surface area contributed by atoms with Crippen LogP contribution in [-0.2, 0) is 36.0 Å². The van der Waals surface area contributed by atoms with Gasteiger partial charge in [-0.15, -0.1) is 0 Å². The molecule has 1 saturated heterocycles. The number of fused-ring (bicyclic) bond motifs is 1. The maximum absolute atomic E-state index is 11.1. The minimum absolute atomic E-state index is 0.0171. The zero-order valence-electron chi connectivity index (χ0n) is 13.6. The second-order valence-electron chi connectivity index (χ2n) is 6.04. The van der Waals surface area contributed by atoms with E-state index in [0.29, 0.717) is 31.9 Å². The van der Waals surface area contributed by atoms with E-state index in [2.05, 4.69) is 14.9 Å². The van der Waals surface area contributed by atoms with Crippen LogP contribution in [0.1, 0.15) is 24.6 Å². The zero-order chi connectivity index (χ0) is 17.4. The van der Waals surface area contributed by atoms with E-state index in [4.69, 9.17) is 25.3 Å². The van der Waals surface area contributed by atoms with Crippen LogP contribution in [0.2, 0.25) is 5.28 Å². The summed E-state index contributed by atoms with van der Waals surface area (Å²) in [6.45, 7) is 4.96. The van der Waals surface area contributed by atoms with Crippen LogP contribution >= 0.6 is 11.6 Å². The Bertz CT molecular complexity index is 723. The van der Waals surface area contributed by atoms with Crippen LogP contribution in [-0.4, -0.2) is 57.6 Å². The standard InChI is InChI=1S/C14H20ClN3O5S/c1-14(3-6-23-24(2,19)20)11-10(9-22-14)12(17-13(15)16-11)18-4-7-21-8-5-18/h3-9H2,1-2H3. The average molecular weight is 378 g/mol. The third-order valence-electron chi connectivity index (χ3n) is 4.18. The number of halogens is 1. The molecule has 0 amide bonds. The molecule has 3 heterocycles. The highest BCUT2D eigenvalue weighted by Crippen LogP contribution is 2.41. The molecule has 1 unspecified atom stereocenters. The summed E-state index contributed by atoms with van der Waals surface area (Å²) in [6, 6.07) is 0. The van der Waals surface area contributed by atoms with E-state index in [9.17, 15) is 8.42 Å². The lowest BCUT2D eigenvalue weighted by Crippen LogP contribution is -2.37. The van der Waals surface area contributed by atoms with Gasteiger partial charge in [-0.3, -0.25) is 4.18 Å². The molecule has 3 rings (SSSR count). The van der Waals surface area contributed by atoms with Crippen molar-refractivity contribution in [3.63, 3.8) is 0 Å². The maximum atomic E-state index is 11.1. The third kappa shape index (κ3) is 3.80. The largest absolute Gasteiger partial charge is 0.378 e. The molecule has 0 N–H and O–H groups in total. The van der Waals surface area contributed by atoms with Crippen molar-refractivity contribution < 1.29 is 22.1 Å². The van der Waals surface area contributed by atoms with Gasteiger partial charge in [-0.25, -0.2) is 9.97 Å². The quantitative estimate of drug-likeness (QED) is 0.556. The fraction of sp³-hybridized carbons (Fsp3) is 0.714. The minimum atomic E-state index is -3.49. The van der Waals surface area contributed by atoms with E-state index in [-0.39, 0.29) is 11.9 Å². The molecule has 8 nitrogen and oxygen atoms in total. The molecule has 2 aliphatic heterocycles. The molecule has 0 spiro atoms. The number of hydrogen-bond acceptors (Lipinski definition) is 8. The molecule has 1 fully saturated rings. The molecule has 24 heavy (non-hydrogen) atoms. The Balaban J connectivity index is 1.86. The predicted octanol–water partition coefficient (Wildman–Crippen LogP) is 1.08. The highest BCUT2D eigenvalue weighted by Gasteiger charge is 2.40.